The lowest BCUT2D eigenvalue weighted by atomic mass is 10.1. The van der Waals surface area contributed by atoms with Crippen molar-refractivity contribution in [3.05, 3.63) is 71.1 Å². The van der Waals surface area contributed by atoms with Crippen LogP contribution in [0.3, 0.4) is 0 Å². The van der Waals surface area contributed by atoms with E-state index >= 15 is 0 Å². The number of sulfone groups is 1. The van der Waals surface area contributed by atoms with E-state index in [1.165, 1.54) is 29.2 Å². The fourth-order valence-corrected chi connectivity index (χ4v) is 3.21. The van der Waals surface area contributed by atoms with Gasteiger partial charge in [-0.15, -0.1) is 0 Å². The Hall–Kier alpha value is -3.92. The second-order valence-corrected chi connectivity index (χ2v) is 9.03. The van der Waals surface area contributed by atoms with E-state index in [0.29, 0.717) is 16.9 Å². The largest absolute Gasteiger partial charge is 0.490 e. The van der Waals surface area contributed by atoms with E-state index in [2.05, 4.69) is 10.1 Å². The molecule has 16 heteroatoms. The van der Waals surface area contributed by atoms with Crippen LogP contribution in [0, 0.1) is 0 Å². The molecule has 0 aliphatic heterocycles. The zero-order valence-electron chi connectivity index (χ0n) is 18.3. The van der Waals surface area contributed by atoms with Gasteiger partial charge in [0, 0.05) is 23.9 Å². The van der Waals surface area contributed by atoms with Crippen LogP contribution >= 0.6 is 0 Å². The Labute approximate surface area is 200 Å². The lowest BCUT2D eigenvalue weighted by Gasteiger charge is -2.05. The molecule has 10 nitrogen and oxygen atoms in total. The fourth-order valence-electron chi connectivity index (χ4n) is 2.58. The molecule has 2 heterocycles. The number of alkyl halides is 3. The molecule has 0 aliphatic rings. The Morgan fingerprint density at radius 1 is 1.11 bits per heavy atom. The normalized spacial score (nSPS) is 11.4. The highest BCUT2D eigenvalue weighted by molar-refractivity contribution is 7.90. The van der Waals surface area contributed by atoms with Gasteiger partial charge >= 0.3 is 17.8 Å². The monoisotopic (exact) mass is 535 g/mol. The summed E-state index contributed by atoms with van der Waals surface area (Å²) in [6.07, 6.45) is -3.24. The molecule has 0 spiro atoms. The van der Waals surface area contributed by atoms with Crippen LogP contribution in [0.5, 0.6) is 0 Å². The maximum absolute atomic E-state index is 12.7. The van der Waals surface area contributed by atoms with Gasteiger partial charge in [0.05, 0.1) is 29.0 Å². The lowest BCUT2D eigenvalue weighted by Crippen LogP contribution is -2.26. The van der Waals surface area contributed by atoms with Crippen molar-refractivity contribution in [1.82, 2.24) is 19.3 Å². The van der Waals surface area contributed by atoms with Gasteiger partial charge in [0.1, 0.15) is 6.33 Å². The lowest BCUT2D eigenvalue weighted by molar-refractivity contribution is -0.192. The first-order valence-electron chi connectivity index (χ1n) is 9.59. The highest BCUT2D eigenvalue weighted by Gasteiger charge is 2.38. The topological polar surface area (TPSA) is 150 Å². The first-order chi connectivity index (χ1) is 16.6. The molecule has 0 saturated carbocycles. The molecule has 3 aromatic rings. The zero-order valence-corrected chi connectivity index (χ0v) is 19.1. The quantitative estimate of drug-likeness (QED) is 0.457. The molecule has 0 radical (unpaired) electrons. The highest BCUT2D eigenvalue weighted by atomic mass is 32.2. The first kappa shape index (κ1) is 28.3. The molecular weight excluding hydrogens is 517 g/mol. The van der Waals surface area contributed by atoms with Crippen molar-refractivity contribution in [1.29, 1.82) is 0 Å². The Balaban J connectivity index is 0.000000572. The maximum Gasteiger partial charge on any atom is 0.490 e. The van der Waals surface area contributed by atoms with Crippen molar-refractivity contribution in [2.75, 3.05) is 12.8 Å². The molecule has 194 valence electrons. The molecule has 0 amide bonds. The summed E-state index contributed by atoms with van der Waals surface area (Å²) >= 11 is 0. The maximum atomic E-state index is 12.7. The third kappa shape index (κ3) is 7.29. The zero-order chi connectivity index (χ0) is 27.3. The number of carbonyl (C=O) groups is 1. The predicted molar refractivity (Wildman–Crippen MR) is 116 cm³/mol. The summed E-state index contributed by atoms with van der Waals surface area (Å²) in [4.78, 5) is 25.8. The minimum atomic E-state index is -5.08. The predicted octanol–water partition coefficient (Wildman–Crippen LogP) is 2.24. The van der Waals surface area contributed by atoms with E-state index in [4.69, 9.17) is 15.6 Å². The molecule has 3 rings (SSSR count). The van der Waals surface area contributed by atoms with Gasteiger partial charge in [-0.05, 0) is 24.3 Å². The van der Waals surface area contributed by atoms with Gasteiger partial charge < -0.3 is 10.8 Å². The third-order valence-electron chi connectivity index (χ3n) is 4.43. The van der Waals surface area contributed by atoms with Crippen molar-refractivity contribution in [3.8, 4) is 16.9 Å². The summed E-state index contributed by atoms with van der Waals surface area (Å²) in [5.41, 5.74) is 5.95. The van der Waals surface area contributed by atoms with E-state index in [0.717, 1.165) is 10.9 Å². The standard InChI is InChI=1S/C18H17F2N5O3S.C2HF3O2/c1-29(27,28)15-5-2-12(3-6-15)16-7-4-14(9-22-16)24-11-23-25(18(24)26)10-13(8-21)17(19)20;3-2(4,5)1(6)7/h2-7,9,11H,8,10,21H2,1H3;(H,6,7). The smallest absolute Gasteiger partial charge is 0.475 e. The van der Waals surface area contributed by atoms with Gasteiger partial charge in [0.15, 0.2) is 9.84 Å². The van der Waals surface area contributed by atoms with Crippen LogP contribution in [0.2, 0.25) is 0 Å². The highest BCUT2D eigenvalue weighted by Crippen LogP contribution is 2.20. The van der Waals surface area contributed by atoms with E-state index in [1.807, 2.05) is 0 Å². The summed E-state index contributed by atoms with van der Waals surface area (Å²) in [6, 6.07) is 9.52. The molecule has 0 unspecified atom stereocenters. The average molecular weight is 535 g/mol. The summed E-state index contributed by atoms with van der Waals surface area (Å²) in [5, 5.41) is 11.0. The minimum Gasteiger partial charge on any atom is -0.475 e. The van der Waals surface area contributed by atoms with Gasteiger partial charge in [0.25, 0.3) is 6.08 Å². The number of aliphatic carboxylic acids is 1. The molecule has 1 aromatic carbocycles. The Bertz CT molecular complexity index is 1410. The SMILES string of the molecule is CS(=O)(=O)c1ccc(-c2ccc(-n3cnn(CC(CN)=C(F)F)c3=O)cn2)cc1.O=C(O)C(F)(F)F. The number of rotatable bonds is 6. The van der Waals surface area contributed by atoms with Crippen LogP contribution in [0.25, 0.3) is 16.9 Å². The van der Waals surface area contributed by atoms with Crippen LogP contribution in [0.1, 0.15) is 0 Å². The molecular formula is C20H18F5N5O5S. The Kier molecular flexibility index (Phi) is 8.82. The van der Waals surface area contributed by atoms with Gasteiger partial charge in [-0.1, -0.05) is 12.1 Å². The second kappa shape index (κ2) is 11.2. The van der Waals surface area contributed by atoms with Crippen LogP contribution in [-0.2, 0) is 21.2 Å². The van der Waals surface area contributed by atoms with Crippen molar-refractivity contribution in [2.24, 2.45) is 5.73 Å². The Morgan fingerprint density at radius 3 is 2.11 bits per heavy atom. The summed E-state index contributed by atoms with van der Waals surface area (Å²) in [7, 11) is -3.29. The molecule has 2 aromatic heterocycles. The van der Waals surface area contributed by atoms with Crippen molar-refractivity contribution < 1.29 is 40.3 Å². The van der Waals surface area contributed by atoms with Crippen LogP contribution in [0.15, 0.2) is 70.3 Å². The summed E-state index contributed by atoms with van der Waals surface area (Å²) in [5.74, 6) is -2.76. The van der Waals surface area contributed by atoms with Crippen LogP contribution < -0.4 is 11.4 Å². The minimum absolute atomic E-state index is 0.201. The number of nitrogens with two attached hydrogens (primary N) is 1. The van der Waals surface area contributed by atoms with E-state index in [1.54, 1.807) is 24.3 Å². The number of pyridine rings is 1. The van der Waals surface area contributed by atoms with Crippen molar-refractivity contribution in [2.45, 2.75) is 17.6 Å². The molecule has 0 bridgehead atoms. The molecule has 36 heavy (non-hydrogen) atoms. The van der Waals surface area contributed by atoms with Crippen LogP contribution in [-0.4, -0.2) is 57.8 Å². The molecule has 0 saturated heterocycles. The number of benzene rings is 1. The van der Waals surface area contributed by atoms with E-state index in [-0.39, 0.29) is 17.0 Å². The van der Waals surface area contributed by atoms with Crippen molar-refractivity contribution in [3.63, 3.8) is 0 Å². The molecule has 0 fully saturated rings. The van der Waals surface area contributed by atoms with Gasteiger partial charge in [0.2, 0.25) is 0 Å². The number of aromatic nitrogens is 4. The summed E-state index contributed by atoms with van der Waals surface area (Å²) < 4.78 is 82.4. The van der Waals surface area contributed by atoms with E-state index in [9.17, 15) is 35.2 Å². The van der Waals surface area contributed by atoms with E-state index < -0.39 is 40.3 Å². The van der Waals surface area contributed by atoms with Gasteiger partial charge in [-0.25, -0.2) is 27.3 Å². The van der Waals surface area contributed by atoms with Crippen LogP contribution in [0.4, 0.5) is 22.0 Å². The van der Waals surface area contributed by atoms with Crippen molar-refractivity contribution >= 4 is 15.8 Å². The second-order valence-electron chi connectivity index (χ2n) is 7.01. The number of hydrogen-bond donors (Lipinski definition) is 2. The number of carboxylic acids is 1. The number of nitrogens with zero attached hydrogens (tertiary/aromatic N) is 4. The average Bonchev–Trinajstić information content (AvgIpc) is 3.16. The Morgan fingerprint density at radius 2 is 1.69 bits per heavy atom. The first-order valence-corrected chi connectivity index (χ1v) is 11.5. The number of carboxylic acid groups (broad SMARTS) is 1. The molecule has 0 atom stereocenters. The third-order valence-corrected chi connectivity index (χ3v) is 5.56. The number of halogens is 5. The molecule has 0 aliphatic carbocycles. The fraction of sp³-hybridized carbons (Fsp3) is 0.200. The molecule has 3 N–H and O–H groups in total. The van der Waals surface area contributed by atoms with Gasteiger partial charge in [-0.2, -0.15) is 27.1 Å². The summed E-state index contributed by atoms with van der Waals surface area (Å²) in [6.45, 7) is -0.779. The number of hydrogen-bond acceptors (Lipinski definition) is 7. The van der Waals surface area contributed by atoms with Gasteiger partial charge in [-0.3, -0.25) is 4.98 Å².